The summed E-state index contributed by atoms with van der Waals surface area (Å²) in [6, 6.07) is 9.28. The zero-order valence-electron chi connectivity index (χ0n) is 12.4. The molecular weight excluding hydrogens is 268 g/mol. The molecule has 2 heterocycles. The minimum absolute atomic E-state index is 0.0116. The molecule has 5 nitrogen and oxygen atoms in total. The van der Waals surface area contributed by atoms with Crippen molar-refractivity contribution < 1.29 is 14.6 Å². The number of rotatable bonds is 3. The lowest BCUT2D eigenvalue weighted by Crippen LogP contribution is -2.47. The molecule has 2 aliphatic rings. The van der Waals surface area contributed by atoms with Gasteiger partial charge < -0.3 is 14.6 Å². The maximum Gasteiger partial charge on any atom is 0.292 e. The minimum Gasteiger partial charge on any atom is -0.459 e. The molecule has 21 heavy (non-hydrogen) atoms. The van der Waals surface area contributed by atoms with Crippen LogP contribution >= 0.6 is 0 Å². The molecule has 0 unspecified atom stereocenters. The van der Waals surface area contributed by atoms with Crippen molar-refractivity contribution in [2.45, 2.75) is 38.5 Å². The van der Waals surface area contributed by atoms with Crippen LogP contribution in [0.15, 0.2) is 29.3 Å². The largest absolute Gasteiger partial charge is 0.459 e. The maximum absolute atomic E-state index is 9.24. The van der Waals surface area contributed by atoms with E-state index in [4.69, 9.17) is 9.47 Å². The van der Waals surface area contributed by atoms with Gasteiger partial charge in [-0.05, 0) is 31.4 Å². The number of amidine groups is 1. The molecule has 0 radical (unpaired) electrons. The molecular formula is C16H22N2O3. The highest BCUT2D eigenvalue weighted by Gasteiger charge is 2.31. The summed E-state index contributed by atoms with van der Waals surface area (Å²) in [6.45, 7) is 4.01. The number of hydrogen-bond acceptors (Lipinski definition) is 5. The van der Waals surface area contributed by atoms with Crippen LogP contribution < -0.4 is 4.90 Å². The molecule has 5 heteroatoms. The lowest BCUT2D eigenvalue weighted by Gasteiger charge is -2.39. The second kappa shape index (κ2) is 6.45. The van der Waals surface area contributed by atoms with Gasteiger partial charge in [-0.1, -0.05) is 18.2 Å². The van der Waals surface area contributed by atoms with Crippen LogP contribution in [0.25, 0.3) is 0 Å². The normalized spacial score (nSPS) is 20.7. The van der Waals surface area contributed by atoms with Crippen molar-refractivity contribution in [3.05, 3.63) is 29.8 Å². The van der Waals surface area contributed by atoms with Crippen molar-refractivity contribution >= 4 is 11.7 Å². The predicted molar refractivity (Wildman–Crippen MR) is 81.5 cm³/mol. The molecule has 2 aliphatic heterocycles. The molecule has 1 saturated heterocycles. The fourth-order valence-electron chi connectivity index (χ4n) is 2.82. The molecule has 1 fully saturated rings. The lowest BCUT2D eigenvalue weighted by atomic mass is 10.0. The zero-order valence-corrected chi connectivity index (χ0v) is 12.4. The summed E-state index contributed by atoms with van der Waals surface area (Å²) in [4.78, 5) is 6.77. The quantitative estimate of drug-likeness (QED) is 0.924. The Balaban J connectivity index is 1.90. The van der Waals surface area contributed by atoms with Crippen LogP contribution in [0.1, 0.15) is 25.3 Å². The summed E-state index contributed by atoms with van der Waals surface area (Å²) in [5, 5.41) is 9.24. The van der Waals surface area contributed by atoms with Crippen molar-refractivity contribution in [1.82, 2.24) is 0 Å². The Morgan fingerprint density at radius 1 is 1.38 bits per heavy atom. The summed E-state index contributed by atoms with van der Waals surface area (Å²) in [6.07, 6.45) is 1.67. The highest BCUT2D eigenvalue weighted by atomic mass is 16.5. The first-order valence-corrected chi connectivity index (χ1v) is 7.56. The molecule has 1 aromatic carbocycles. The fourth-order valence-corrected chi connectivity index (χ4v) is 2.82. The number of anilines is 1. The molecule has 0 aromatic heterocycles. The molecule has 0 aliphatic carbocycles. The van der Waals surface area contributed by atoms with Crippen molar-refractivity contribution in [2.24, 2.45) is 4.99 Å². The minimum atomic E-state index is -0.253. The van der Waals surface area contributed by atoms with Gasteiger partial charge in [-0.2, -0.15) is 0 Å². The van der Waals surface area contributed by atoms with E-state index < -0.39 is 0 Å². The van der Waals surface area contributed by atoms with Gasteiger partial charge in [-0.3, -0.25) is 4.90 Å². The molecule has 3 rings (SSSR count). The van der Waals surface area contributed by atoms with Crippen molar-refractivity contribution in [3.8, 4) is 0 Å². The maximum atomic E-state index is 9.24. The number of ether oxygens (including phenoxy) is 2. The van der Waals surface area contributed by atoms with E-state index in [0.29, 0.717) is 18.6 Å². The highest BCUT2D eigenvalue weighted by molar-refractivity contribution is 5.95. The average molecular weight is 290 g/mol. The first kappa shape index (κ1) is 14.4. The van der Waals surface area contributed by atoms with Crippen LogP contribution in [0.3, 0.4) is 0 Å². The summed E-state index contributed by atoms with van der Waals surface area (Å²) >= 11 is 0. The summed E-state index contributed by atoms with van der Waals surface area (Å²) in [7, 11) is 0. The van der Waals surface area contributed by atoms with E-state index >= 15 is 0 Å². The molecule has 0 bridgehead atoms. The number of aliphatic hydroxyl groups excluding tert-OH is 1. The van der Waals surface area contributed by atoms with Crippen molar-refractivity contribution in [2.75, 3.05) is 24.7 Å². The third kappa shape index (κ3) is 3.04. The molecule has 0 spiro atoms. The van der Waals surface area contributed by atoms with E-state index in [0.717, 1.165) is 26.1 Å². The first-order chi connectivity index (χ1) is 10.3. The van der Waals surface area contributed by atoms with Crippen LogP contribution in [0.5, 0.6) is 0 Å². The molecule has 1 N–H and O–H groups in total. The number of hydrogen-bond donors (Lipinski definition) is 1. The number of benzene rings is 1. The van der Waals surface area contributed by atoms with Gasteiger partial charge in [0.2, 0.25) is 0 Å². The Labute approximate surface area is 125 Å². The van der Waals surface area contributed by atoms with E-state index in [1.165, 1.54) is 11.3 Å². The summed E-state index contributed by atoms with van der Waals surface area (Å²) in [5.74, 6) is 0. The Morgan fingerprint density at radius 3 is 2.90 bits per heavy atom. The Bertz CT molecular complexity index is 512. The number of fused-ring (bicyclic) bond motifs is 1. The third-order valence-corrected chi connectivity index (χ3v) is 3.96. The predicted octanol–water partition coefficient (Wildman–Crippen LogP) is 1.94. The number of para-hydroxylation sites is 1. The highest BCUT2D eigenvalue weighted by Crippen LogP contribution is 2.31. The van der Waals surface area contributed by atoms with E-state index in [2.05, 4.69) is 22.0 Å². The van der Waals surface area contributed by atoms with E-state index in [9.17, 15) is 5.11 Å². The van der Waals surface area contributed by atoms with Crippen LogP contribution in [0.2, 0.25) is 0 Å². The third-order valence-electron chi connectivity index (χ3n) is 3.96. The fraction of sp³-hybridized carbons (Fsp3) is 0.562. The lowest BCUT2D eigenvalue weighted by molar-refractivity contribution is 0.0818. The molecule has 1 atom stereocenters. The monoisotopic (exact) mass is 290 g/mol. The van der Waals surface area contributed by atoms with E-state index in [-0.39, 0.29) is 12.7 Å². The smallest absolute Gasteiger partial charge is 0.292 e. The van der Waals surface area contributed by atoms with Gasteiger partial charge in [-0.15, -0.1) is 0 Å². The van der Waals surface area contributed by atoms with Crippen LogP contribution in [-0.4, -0.2) is 43.1 Å². The first-order valence-electron chi connectivity index (χ1n) is 7.56. The Morgan fingerprint density at radius 2 is 2.14 bits per heavy atom. The van der Waals surface area contributed by atoms with Crippen molar-refractivity contribution in [1.29, 1.82) is 0 Å². The second-order valence-corrected chi connectivity index (χ2v) is 5.55. The second-order valence-electron chi connectivity index (χ2n) is 5.55. The van der Waals surface area contributed by atoms with Gasteiger partial charge in [0.05, 0.1) is 18.8 Å². The number of aliphatic imine (C=N–C) groups is 1. The van der Waals surface area contributed by atoms with Gasteiger partial charge in [0.1, 0.15) is 6.10 Å². The molecule has 1 aromatic rings. The topological polar surface area (TPSA) is 54.3 Å². The Hall–Kier alpha value is -1.59. The van der Waals surface area contributed by atoms with Crippen molar-refractivity contribution in [3.63, 3.8) is 0 Å². The number of aliphatic hydroxyl groups is 1. The summed E-state index contributed by atoms with van der Waals surface area (Å²) in [5.41, 5.74) is 2.38. The van der Waals surface area contributed by atoms with E-state index in [1.807, 2.05) is 19.1 Å². The average Bonchev–Trinajstić information content (AvgIpc) is 2.55. The van der Waals surface area contributed by atoms with Gasteiger partial charge in [0, 0.05) is 19.3 Å². The van der Waals surface area contributed by atoms with Gasteiger partial charge >= 0.3 is 0 Å². The zero-order chi connectivity index (χ0) is 14.7. The molecule has 114 valence electrons. The molecule has 0 amide bonds. The summed E-state index contributed by atoms with van der Waals surface area (Å²) < 4.78 is 11.3. The number of nitrogens with zero attached hydrogens (tertiary/aromatic N) is 2. The SMILES string of the molecule is C[C@@H](CO)OC1=NCc2ccccc2N1C1CCOCC1. The van der Waals surface area contributed by atoms with Crippen LogP contribution in [-0.2, 0) is 16.0 Å². The van der Waals surface area contributed by atoms with E-state index in [1.54, 1.807) is 0 Å². The Kier molecular flexibility index (Phi) is 4.41. The molecule has 0 saturated carbocycles. The van der Waals surface area contributed by atoms with Gasteiger partial charge in [0.15, 0.2) is 0 Å². The van der Waals surface area contributed by atoms with Crippen LogP contribution in [0.4, 0.5) is 5.69 Å². The standard InChI is InChI=1S/C16H22N2O3/c1-12(11-19)21-16-17-10-13-4-2-3-5-15(13)18(16)14-6-8-20-9-7-14/h2-5,12,14,19H,6-11H2,1H3/t12-/m0/s1. The van der Waals surface area contributed by atoms with Gasteiger partial charge in [0.25, 0.3) is 6.02 Å². The van der Waals surface area contributed by atoms with Gasteiger partial charge in [-0.25, -0.2) is 4.99 Å². The van der Waals surface area contributed by atoms with Crippen LogP contribution in [0, 0.1) is 0 Å².